The summed E-state index contributed by atoms with van der Waals surface area (Å²) in [5.74, 6) is -4.15. The number of aromatic nitrogens is 2. The number of para-hydroxylation sites is 2. The summed E-state index contributed by atoms with van der Waals surface area (Å²) in [4.78, 5) is 37.3. The predicted octanol–water partition coefficient (Wildman–Crippen LogP) is 13.5. The van der Waals surface area contributed by atoms with Crippen molar-refractivity contribution < 1.29 is 46.1 Å². The monoisotopic (exact) mass is 1300 g/mol. The van der Waals surface area contributed by atoms with E-state index in [-0.39, 0.29) is 12.6 Å². The van der Waals surface area contributed by atoms with Crippen LogP contribution in [0.2, 0.25) is 0 Å². The molecular weight excluding hydrogens is 1230 g/mol. The molecule has 4 aromatic carbocycles. The van der Waals surface area contributed by atoms with Crippen molar-refractivity contribution >= 4 is 111 Å². The van der Waals surface area contributed by atoms with Crippen LogP contribution in [-0.4, -0.2) is 147 Å². The number of piperidine rings is 4. The van der Waals surface area contributed by atoms with Gasteiger partial charge < -0.3 is 35.7 Å². The normalized spacial score (nSPS) is 18.0. The van der Waals surface area contributed by atoms with E-state index in [0.29, 0.717) is 30.4 Å². The fraction of sp³-hybridized carbons (Fsp3) is 0.467. The van der Waals surface area contributed by atoms with Gasteiger partial charge in [0.15, 0.2) is 5.11 Å². The summed E-state index contributed by atoms with van der Waals surface area (Å²) in [7, 11) is 0. The first-order valence-corrected chi connectivity index (χ1v) is 30.1. The molecule has 4 aliphatic heterocycles. The van der Waals surface area contributed by atoms with Crippen molar-refractivity contribution in [1.29, 1.82) is 0 Å². The number of H-pyrrole nitrogens is 2. The summed E-state index contributed by atoms with van der Waals surface area (Å²) in [6.07, 6.45) is 4.62. The number of fused-ring (bicyclic) bond motifs is 2. The van der Waals surface area contributed by atoms with Crippen molar-refractivity contribution in [3.05, 3.63) is 130 Å². The van der Waals surface area contributed by atoms with Gasteiger partial charge in [-0.2, -0.15) is 31.3 Å². The van der Waals surface area contributed by atoms with Gasteiger partial charge in [0, 0.05) is 74.0 Å². The van der Waals surface area contributed by atoms with Gasteiger partial charge in [0.05, 0.1) is 24.1 Å². The van der Waals surface area contributed by atoms with Crippen molar-refractivity contribution in [2.75, 3.05) is 70.9 Å². The molecule has 442 valence electrons. The number of hydrogen-bond donors (Lipinski definition) is 6. The number of halogens is 8. The van der Waals surface area contributed by atoms with Crippen LogP contribution in [0.5, 0.6) is 0 Å². The molecule has 0 spiro atoms. The number of likely N-dealkylation sites (tertiary alicyclic amines) is 3. The fourth-order valence-corrected chi connectivity index (χ4v) is 12.8. The van der Waals surface area contributed by atoms with Gasteiger partial charge >= 0.3 is 23.9 Å². The van der Waals surface area contributed by atoms with E-state index in [4.69, 9.17) is 12.2 Å². The predicted molar refractivity (Wildman–Crippen MR) is 326 cm³/mol. The zero-order valence-electron chi connectivity index (χ0n) is 45.3. The number of aliphatic hydroxyl groups excluding tert-OH is 2. The lowest BCUT2D eigenvalue weighted by Gasteiger charge is -2.40. The third kappa shape index (κ3) is 18.8. The topological polar surface area (TPSA) is 152 Å². The molecule has 2 aromatic heterocycles. The number of isothiocyanates is 1. The maximum absolute atomic E-state index is 11.2. The zero-order chi connectivity index (χ0) is 58.8. The first kappa shape index (κ1) is 64.7. The number of ketones is 2. The number of nitrogens with zero attached hydrogens (tertiary/aromatic N) is 4. The van der Waals surface area contributed by atoms with Crippen molar-refractivity contribution in [3.8, 4) is 0 Å². The summed E-state index contributed by atoms with van der Waals surface area (Å²) < 4.78 is 69.0. The van der Waals surface area contributed by atoms with Gasteiger partial charge in [-0.15, -0.1) is 0 Å². The molecule has 6 N–H and O–H groups in total. The van der Waals surface area contributed by atoms with Gasteiger partial charge in [0.2, 0.25) is 0 Å². The van der Waals surface area contributed by atoms with Crippen LogP contribution in [0.4, 0.5) is 37.7 Å². The van der Waals surface area contributed by atoms with Crippen molar-refractivity contribution in [2.24, 2.45) is 16.8 Å². The number of aromatic amines is 2. The van der Waals surface area contributed by atoms with E-state index in [9.17, 15) is 46.1 Å². The van der Waals surface area contributed by atoms with E-state index >= 15 is 0 Å². The zero-order valence-corrected chi connectivity index (χ0v) is 50.1. The number of benzene rings is 4. The molecule has 4 fully saturated rings. The highest BCUT2D eigenvalue weighted by Crippen LogP contribution is 2.37. The van der Waals surface area contributed by atoms with Crippen LogP contribution in [0.3, 0.4) is 0 Å². The molecule has 10 rings (SSSR count). The number of carbonyl (C=O) groups excluding carboxylic acids is 2. The summed E-state index contributed by atoms with van der Waals surface area (Å²) in [6.45, 7) is 9.15. The van der Waals surface area contributed by atoms with Crippen LogP contribution in [0.25, 0.3) is 21.8 Å². The lowest BCUT2D eigenvalue weighted by atomic mass is 9.86. The van der Waals surface area contributed by atoms with Crippen molar-refractivity contribution in [1.82, 2.24) is 30.0 Å². The number of hydrogen-bond acceptors (Lipinski definition) is 10. The average molecular weight is 1310 g/mol. The summed E-state index contributed by atoms with van der Waals surface area (Å²) in [5.41, 5.74) is 7.26. The highest BCUT2D eigenvalue weighted by atomic mass is 79.9. The molecule has 0 amide bonds. The smallest absolute Gasteiger partial charge is 0.395 e. The lowest BCUT2D eigenvalue weighted by Crippen LogP contribution is -2.46. The first-order chi connectivity index (χ1) is 39.3. The summed E-state index contributed by atoms with van der Waals surface area (Å²) >= 11 is 16.9. The number of anilines is 1. The standard InChI is InChI=1S/C28H35BrN4OS.C21H31N3O.C7H4BrNS.C4F6O2/c29-22-4-3-5-23(17-22)31-28(35)33-12-8-20(9-13-33)16-24(19-34)32-14-10-21(11-15-32)26-18-30-27-7-2-1-6-25(26)27;25-15-18(13-16-5-9-22-10-6-16)24-11-7-17(8-12-24)20-14-23-21-4-2-1-3-19(20)21;8-6-2-1-3-7(4-6)9-5-10;5-3(6,7)1(11)2(12)4(8,9)10/h1-7,17-18,20-21,24,30,34H,8-16,19H2,(H,31,35);1-4,14,16-18,22-23,25H,5-13,15H2;1-4H;. The molecule has 2 unspecified atom stereocenters. The van der Waals surface area contributed by atoms with Gasteiger partial charge in [-0.05, 0) is 211 Å². The fourth-order valence-electron chi connectivity index (χ4n) is 11.6. The molecule has 12 nitrogen and oxygen atoms in total. The Labute approximate surface area is 502 Å². The van der Waals surface area contributed by atoms with Gasteiger partial charge in [-0.1, -0.05) is 80.4 Å². The second kappa shape index (κ2) is 31.3. The molecule has 6 aromatic rings. The number of alkyl halides is 6. The number of thiocarbonyl (C=S) groups is 2. The Bertz CT molecular complexity index is 3030. The number of nitrogens with one attached hydrogen (secondary N) is 4. The third-order valence-electron chi connectivity index (χ3n) is 16.0. The number of rotatable bonds is 13. The molecule has 0 bridgehead atoms. The molecule has 4 aliphatic rings. The van der Waals surface area contributed by atoms with E-state index in [0.717, 1.165) is 122 Å². The van der Waals surface area contributed by atoms with Crippen LogP contribution in [0.15, 0.2) is 123 Å². The first-order valence-electron chi connectivity index (χ1n) is 27.7. The van der Waals surface area contributed by atoms with E-state index in [1.54, 1.807) is 0 Å². The van der Waals surface area contributed by atoms with E-state index in [1.807, 2.05) is 48.5 Å². The number of aliphatic hydroxyl groups is 2. The molecule has 22 heteroatoms. The Hall–Kier alpha value is -4.87. The van der Waals surface area contributed by atoms with Crippen molar-refractivity contribution in [2.45, 2.75) is 100 Å². The average Bonchev–Trinajstić information content (AvgIpc) is 4.22. The third-order valence-corrected chi connectivity index (χ3v) is 17.4. The SMILES string of the molecule is O=C(C(=O)C(F)(F)F)C(F)(F)F.OCC(CC1CCN(C(=S)Nc2cccc(Br)c2)CC1)N1CCC(c2c[nH]c3ccccc23)CC1.OCC(CC1CCNCC1)N1CCC(c2c[nH]c3ccccc23)CC1.S=C=Nc1cccc(Br)c1. The lowest BCUT2D eigenvalue weighted by molar-refractivity contribution is -0.193. The summed E-state index contributed by atoms with van der Waals surface area (Å²) in [5, 5.41) is 32.8. The molecule has 6 heterocycles. The van der Waals surface area contributed by atoms with Crippen LogP contribution >= 0.6 is 56.3 Å². The highest BCUT2D eigenvalue weighted by molar-refractivity contribution is 9.10. The highest BCUT2D eigenvalue weighted by Gasteiger charge is 2.54. The molecule has 0 aliphatic carbocycles. The molecule has 0 radical (unpaired) electrons. The van der Waals surface area contributed by atoms with Crippen LogP contribution in [-0.2, 0) is 9.59 Å². The number of carbonyl (C=O) groups is 2. The van der Waals surface area contributed by atoms with E-state index < -0.39 is 23.9 Å². The Morgan fingerprint density at radius 2 is 1.09 bits per heavy atom. The Kier molecular flexibility index (Phi) is 24.7. The van der Waals surface area contributed by atoms with Gasteiger partial charge in [0.25, 0.3) is 0 Å². The minimum atomic E-state index is -5.77. The number of aliphatic imine (C=N–C) groups is 1. The van der Waals surface area contributed by atoms with Crippen LogP contribution in [0, 0.1) is 11.8 Å². The maximum atomic E-state index is 11.2. The Morgan fingerprint density at radius 1 is 0.634 bits per heavy atom. The molecule has 2 atom stereocenters. The molecule has 0 saturated carbocycles. The second-order valence-corrected chi connectivity index (χ2v) is 23.6. The van der Waals surface area contributed by atoms with Crippen molar-refractivity contribution in [3.63, 3.8) is 0 Å². The Balaban J connectivity index is 0.000000178. The molecule has 4 saturated heterocycles. The van der Waals surface area contributed by atoms with E-state index in [2.05, 4.69) is 150 Å². The molecule has 82 heavy (non-hydrogen) atoms. The van der Waals surface area contributed by atoms with Gasteiger partial charge in [-0.3, -0.25) is 19.4 Å². The molecular formula is C60H70Br2F6N8O4S2. The Morgan fingerprint density at radius 3 is 1.52 bits per heavy atom. The second-order valence-electron chi connectivity index (χ2n) is 21.2. The van der Waals surface area contributed by atoms with Gasteiger partial charge in [0.1, 0.15) is 0 Å². The van der Waals surface area contributed by atoms with Gasteiger partial charge in [-0.25, -0.2) is 0 Å². The minimum Gasteiger partial charge on any atom is -0.395 e. The summed E-state index contributed by atoms with van der Waals surface area (Å²) in [6, 6.07) is 33.5. The number of Topliss-reactive ketones (excluding diaryl/α,β-unsaturated/α-hetero) is 2. The minimum absolute atomic E-state index is 0.251. The maximum Gasteiger partial charge on any atom is 0.458 e. The quantitative estimate of drug-likeness (QED) is 0.0284. The largest absolute Gasteiger partial charge is 0.458 e. The van der Waals surface area contributed by atoms with E-state index in [1.165, 1.54) is 58.6 Å². The van der Waals surface area contributed by atoms with Crippen LogP contribution in [0.1, 0.15) is 87.2 Å². The van der Waals surface area contributed by atoms with Crippen LogP contribution < -0.4 is 10.6 Å².